The zero-order valence-corrected chi connectivity index (χ0v) is 9.21. The summed E-state index contributed by atoms with van der Waals surface area (Å²) in [6, 6.07) is 9.11. The summed E-state index contributed by atoms with van der Waals surface area (Å²) in [6.07, 6.45) is 7.79. The first-order valence-corrected chi connectivity index (χ1v) is 6.17. The van der Waals surface area contributed by atoms with Crippen molar-refractivity contribution >= 4 is 0 Å². The van der Waals surface area contributed by atoms with Gasteiger partial charge < -0.3 is 5.73 Å². The highest BCUT2D eigenvalue weighted by atomic mass is 14.8. The molecule has 0 radical (unpaired) electrons. The van der Waals surface area contributed by atoms with E-state index in [1.807, 2.05) is 0 Å². The van der Waals surface area contributed by atoms with Crippen LogP contribution in [0.2, 0.25) is 0 Å². The molecule has 1 aromatic rings. The van der Waals surface area contributed by atoms with E-state index in [0.717, 1.165) is 18.8 Å². The molecule has 2 fully saturated rings. The third kappa shape index (κ3) is 1.50. The van der Waals surface area contributed by atoms with Crippen molar-refractivity contribution in [3.63, 3.8) is 0 Å². The van der Waals surface area contributed by atoms with E-state index in [9.17, 15) is 0 Å². The van der Waals surface area contributed by atoms with Gasteiger partial charge in [-0.1, -0.05) is 30.7 Å². The van der Waals surface area contributed by atoms with E-state index in [0.29, 0.717) is 0 Å². The van der Waals surface area contributed by atoms with Crippen molar-refractivity contribution < 1.29 is 0 Å². The quantitative estimate of drug-likeness (QED) is 0.780. The van der Waals surface area contributed by atoms with E-state index < -0.39 is 0 Å². The predicted molar refractivity (Wildman–Crippen MR) is 62.8 cm³/mol. The third-order valence-electron chi connectivity index (χ3n) is 4.31. The highest BCUT2D eigenvalue weighted by Crippen LogP contribution is 2.40. The minimum atomic E-state index is 0.0120. The molecule has 0 bridgehead atoms. The second-order valence-corrected chi connectivity index (χ2v) is 5.26. The average Bonchev–Trinajstić information content (AvgIpc) is 2.13. The molecule has 80 valence electrons. The number of nitrogens with two attached hydrogens (primary N) is 1. The predicted octanol–water partition coefficient (Wildman–Crippen LogP) is 3.29. The minimum Gasteiger partial charge on any atom is -0.321 e. The lowest BCUT2D eigenvalue weighted by molar-refractivity contribution is 0.253. The van der Waals surface area contributed by atoms with Crippen molar-refractivity contribution in [2.24, 2.45) is 5.73 Å². The minimum absolute atomic E-state index is 0.0120. The van der Waals surface area contributed by atoms with Gasteiger partial charge in [0.15, 0.2) is 0 Å². The highest BCUT2D eigenvalue weighted by molar-refractivity contribution is 5.32. The topological polar surface area (TPSA) is 26.0 Å². The average molecular weight is 201 g/mol. The van der Waals surface area contributed by atoms with Gasteiger partial charge in [0.2, 0.25) is 0 Å². The second kappa shape index (κ2) is 3.34. The van der Waals surface area contributed by atoms with Crippen LogP contribution >= 0.6 is 0 Å². The summed E-state index contributed by atoms with van der Waals surface area (Å²) in [6.45, 7) is 0. The maximum atomic E-state index is 6.30. The summed E-state index contributed by atoms with van der Waals surface area (Å²) in [4.78, 5) is 0. The van der Waals surface area contributed by atoms with Crippen molar-refractivity contribution in [1.82, 2.24) is 0 Å². The van der Waals surface area contributed by atoms with Crippen LogP contribution in [0.25, 0.3) is 0 Å². The summed E-state index contributed by atoms with van der Waals surface area (Å²) in [5.74, 6) is 0.842. The Hall–Kier alpha value is -0.820. The maximum absolute atomic E-state index is 6.30. The SMILES string of the molecule is NC1(c2ccc(C3CCC3)cc2)CCC1. The van der Waals surface area contributed by atoms with Crippen molar-refractivity contribution in [2.75, 3.05) is 0 Å². The van der Waals surface area contributed by atoms with Crippen LogP contribution < -0.4 is 5.73 Å². The second-order valence-electron chi connectivity index (χ2n) is 5.26. The molecule has 0 heterocycles. The third-order valence-corrected chi connectivity index (χ3v) is 4.31. The van der Waals surface area contributed by atoms with Crippen molar-refractivity contribution in [2.45, 2.75) is 50.0 Å². The van der Waals surface area contributed by atoms with Crippen molar-refractivity contribution in [3.8, 4) is 0 Å². The lowest BCUT2D eigenvalue weighted by Crippen LogP contribution is -2.43. The van der Waals surface area contributed by atoms with E-state index >= 15 is 0 Å². The number of hydrogen-bond donors (Lipinski definition) is 1. The van der Waals surface area contributed by atoms with Crippen molar-refractivity contribution in [1.29, 1.82) is 0 Å². The maximum Gasteiger partial charge on any atom is 0.0409 e. The molecular formula is C14H19N. The smallest absolute Gasteiger partial charge is 0.0409 e. The first kappa shape index (κ1) is 9.41. The fourth-order valence-corrected chi connectivity index (χ4v) is 2.68. The molecule has 0 unspecified atom stereocenters. The molecule has 0 spiro atoms. The Labute approximate surface area is 91.7 Å². The lowest BCUT2D eigenvalue weighted by Gasteiger charge is -2.39. The lowest BCUT2D eigenvalue weighted by atomic mass is 9.72. The fraction of sp³-hybridized carbons (Fsp3) is 0.571. The molecule has 0 amide bonds. The Morgan fingerprint density at radius 1 is 1.00 bits per heavy atom. The van der Waals surface area contributed by atoms with E-state index in [2.05, 4.69) is 24.3 Å². The van der Waals surface area contributed by atoms with Crippen LogP contribution in [0.1, 0.15) is 55.6 Å². The summed E-state index contributed by atoms with van der Waals surface area (Å²) in [5.41, 5.74) is 9.17. The van der Waals surface area contributed by atoms with Gasteiger partial charge in [-0.25, -0.2) is 0 Å². The molecule has 2 aliphatic carbocycles. The number of rotatable bonds is 2. The molecule has 1 heteroatoms. The van der Waals surface area contributed by atoms with Gasteiger partial charge in [-0.3, -0.25) is 0 Å². The molecule has 0 aliphatic heterocycles. The standard InChI is InChI=1S/C14H19N/c15-14(9-2-10-14)13-7-5-12(6-8-13)11-3-1-4-11/h5-8,11H,1-4,9-10,15H2. The van der Waals surface area contributed by atoms with Crippen LogP contribution in [0, 0.1) is 0 Å². The van der Waals surface area contributed by atoms with E-state index in [1.165, 1.54) is 36.8 Å². The Morgan fingerprint density at radius 2 is 1.67 bits per heavy atom. The number of hydrogen-bond acceptors (Lipinski definition) is 1. The van der Waals surface area contributed by atoms with Crippen LogP contribution in [0.4, 0.5) is 0 Å². The Morgan fingerprint density at radius 3 is 2.07 bits per heavy atom. The zero-order chi connectivity index (χ0) is 10.3. The molecule has 2 N–H and O–H groups in total. The van der Waals surface area contributed by atoms with Gasteiger partial charge in [-0.15, -0.1) is 0 Å². The van der Waals surface area contributed by atoms with Gasteiger partial charge in [-0.05, 0) is 49.1 Å². The molecule has 2 saturated carbocycles. The first-order valence-electron chi connectivity index (χ1n) is 6.17. The molecule has 0 atom stereocenters. The van der Waals surface area contributed by atoms with Crippen LogP contribution in [0.3, 0.4) is 0 Å². The number of benzene rings is 1. The summed E-state index contributed by atoms with van der Waals surface area (Å²) < 4.78 is 0. The first-order chi connectivity index (χ1) is 7.28. The van der Waals surface area contributed by atoms with Crippen LogP contribution in [-0.4, -0.2) is 0 Å². The summed E-state index contributed by atoms with van der Waals surface area (Å²) in [7, 11) is 0. The summed E-state index contributed by atoms with van der Waals surface area (Å²) in [5, 5.41) is 0. The molecule has 0 aromatic heterocycles. The van der Waals surface area contributed by atoms with E-state index in [1.54, 1.807) is 0 Å². The van der Waals surface area contributed by atoms with Gasteiger partial charge in [0, 0.05) is 5.54 Å². The van der Waals surface area contributed by atoms with Crippen LogP contribution in [-0.2, 0) is 5.54 Å². The molecule has 1 nitrogen and oxygen atoms in total. The van der Waals surface area contributed by atoms with Gasteiger partial charge in [0.1, 0.15) is 0 Å². The van der Waals surface area contributed by atoms with Gasteiger partial charge in [0.25, 0.3) is 0 Å². The highest BCUT2D eigenvalue weighted by Gasteiger charge is 2.34. The molecule has 1 aromatic carbocycles. The van der Waals surface area contributed by atoms with Gasteiger partial charge in [0.05, 0.1) is 0 Å². The Balaban J connectivity index is 1.80. The van der Waals surface area contributed by atoms with Gasteiger partial charge >= 0.3 is 0 Å². The monoisotopic (exact) mass is 201 g/mol. The normalized spacial score (nSPS) is 24.3. The zero-order valence-electron chi connectivity index (χ0n) is 9.21. The van der Waals surface area contributed by atoms with Crippen LogP contribution in [0.15, 0.2) is 24.3 Å². The Bertz CT molecular complexity index is 344. The van der Waals surface area contributed by atoms with Crippen LogP contribution in [0.5, 0.6) is 0 Å². The summed E-state index contributed by atoms with van der Waals surface area (Å²) >= 11 is 0. The van der Waals surface area contributed by atoms with E-state index in [-0.39, 0.29) is 5.54 Å². The molecule has 0 saturated heterocycles. The fourth-order valence-electron chi connectivity index (χ4n) is 2.68. The van der Waals surface area contributed by atoms with Gasteiger partial charge in [-0.2, -0.15) is 0 Å². The largest absolute Gasteiger partial charge is 0.321 e. The molecular weight excluding hydrogens is 182 g/mol. The molecule has 15 heavy (non-hydrogen) atoms. The molecule has 2 aliphatic rings. The van der Waals surface area contributed by atoms with E-state index in [4.69, 9.17) is 5.73 Å². The van der Waals surface area contributed by atoms with Crippen molar-refractivity contribution in [3.05, 3.63) is 35.4 Å². The molecule has 3 rings (SSSR count). The Kier molecular flexibility index (Phi) is 2.10.